The summed E-state index contributed by atoms with van der Waals surface area (Å²) < 4.78 is 16.3. The summed E-state index contributed by atoms with van der Waals surface area (Å²) in [7, 11) is 0. The SMILES string of the molecule is CC(C)n1cnnc1-c1cccc(NC(=O)c2cc(CC(=O)c3ccccc3)ccc2F)n1.Cl. The molecule has 0 radical (unpaired) electrons. The predicted molar refractivity (Wildman–Crippen MR) is 130 cm³/mol. The molecule has 0 atom stereocenters. The van der Waals surface area contributed by atoms with Crippen molar-refractivity contribution < 1.29 is 14.0 Å². The van der Waals surface area contributed by atoms with Crippen LogP contribution in [0.3, 0.4) is 0 Å². The Morgan fingerprint density at radius 3 is 2.53 bits per heavy atom. The number of Topliss-reactive ketones (excluding diaryl/α,β-unsaturated/α-hetero) is 1. The molecule has 4 rings (SSSR count). The molecule has 34 heavy (non-hydrogen) atoms. The molecule has 0 unspecified atom stereocenters. The van der Waals surface area contributed by atoms with Gasteiger partial charge in [-0.2, -0.15) is 0 Å². The average Bonchev–Trinajstić information content (AvgIpc) is 3.31. The van der Waals surface area contributed by atoms with Crippen LogP contribution in [-0.4, -0.2) is 31.4 Å². The van der Waals surface area contributed by atoms with E-state index < -0.39 is 11.7 Å². The normalized spacial score (nSPS) is 10.6. The lowest BCUT2D eigenvalue weighted by molar-refractivity contribution is 0.0988. The van der Waals surface area contributed by atoms with Crippen LogP contribution in [0.5, 0.6) is 0 Å². The van der Waals surface area contributed by atoms with Crippen molar-refractivity contribution in [1.29, 1.82) is 0 Å². The highest BCUT2D eigenvalue weighted by molar-refractivity contribution is 6.04. The zero-order valence-electron chi connectivity index (χ0n) is 18.6. The molecule has 0 aliphatic rings. The lowest BCUT2D eigenvalue weighted by atomic mass is 10.0. The summed E-state index contributed by atoms with van der Waals surface area (Å²) in [5.41, 5.74) is 1.47. The van der Waals surface area contributed by atoms with Gasteiger partial charge < -0.3 is 9.88 Å². The summed E-state index contributed by atoms with van der Waals surface area (Å²) in [4.78, 5) is 29.7. The van der Waals surface area contributed by atoms with Crippen LogP contribution >= 0.6 is 12.4 Å². The summed E-state index contributed by atoms with van der Waals surface area (Å²) in [5, 5.41) is 10.7. The van der Waals surface area contributed by atoms with Gasteiger partial charge in [0.25, 0.3) is 5.91 Å². The van der Waals surface area contributed by atoms with E-state index in [1.807, 2.05) is 24.5 Å². The number of nitrogens with zero attached hydrogens (tertiary/aromatic N) is 4. The van der Waals surface area contributed by atoms with Gasteiger partial charge in [0.2, 0.25) is 0 Å². The summed E-state index contributed by atoms with van der Waals surface area (Å²) in [5.74, 6) is -0.637. The monoisotopic (exact) mass is 479 g/mol. The number of hydrogen-bond donors (Lipinski definition) is 1. The first kappa shape index (κ1) is 24.7. The first-order chi connectivity index (χ1) is 15.9. The quantitative estimate of drug-likeness (QED) is 0.370. The second-order valence-corrected chi connectivity index (χ2v) is 7.80. The van der Waals surface area contributed by atoms with E-state index in [9.17, 15) is 14.0 Å². The van der Waals surface area contributed by atoms with Gasteiger partial charge in [-0.15, -0.1) is 22.6 Å². The predicted octanol–water partition coefficient (Wildman–Crippen LogP) is 5.16. The fourth-order valence-corrected chi connectivity index (χ4v) is 3.38. The Labute approximate surface area is 202 Å². The molecule has 0 aliphatic carbocycles. The number of halogens is 2. The number of amides is 1. The highest BCUT2D eigenvalue weighted by atomic mass is 35.5. The largest absolute Gasteiger partial charge is 0.310 e. The van der Waals surface area contributed by atoms with E-state index in [-0.39, 0.29) is 42.0 Å². The molecule has 9 heteroatoms. The first-order valence-corrected chi connectivity index (χ1v) is 10.5. The number of benzene rings is 2. The van der Waals surface area contributed by atoms with E-state index in [2.05, 4.69) is 20.5 Å². The summed E-state index contributed by atoms with van der Waals surface area (Å²) in [6, 6.07) is 18.1. The highest BCUT2D eigenvalue weighted by Gasteiger charge is 2.17. The third-order valence-corrected chi connectivity index (χ3v) is 5.09. The summed E-state index contributed by atoms with van der Waals surface area (Å²) in [6.07, 6.45) is 1.67. The molecule has 2 heterocycles. The molecule has 0 saturated carbocycles. The topological polar surface area (TPSA) is 89.8 Å². The summed E-state index contributed by atoms with van der Waals surface area (Å²) >= 11 is 0. The lowest BCUT2D eigenvalue weighted by Crippen LogP contribution is -2.16. The number of rotatable bonds is 7. The zero-order valence-corrected chi connectivity index (χ0v) is 19.4. The fourth-order valence-electron chi connectivity index (χ4n) is 3.38. The maximum Gasteiger partial charge on any atom is 0.259 e. The van der Waals surface area contributed by atoms with E-state index in [1.54, 1.807) is 48.8 Å². The van der Waals surface area contributed by atoms with Crippen molar-refractivity contribution in [2.75, 3.05) is 5.32 Å². The minimum absolute atomic E-state index is 0. The second kappa shape index (κ2) is 10.8. The van der Waals surface area contributed by atoms with Crippen molar-refractivity contribution >= 4 is 29.9 Å². The van der Waals surface area contributed by atoms with Crippen molar-refractivity contribution in [3.63, 3.8) is 0 Å². The van der Waals surface area contributed by atoms with Gasteiger partial charge in [0, 0.05) is 18.0 Å². The Morgan fingerprint density at radius 2 is 1.79 bits per heavy atom. The number of hydrogen-bond acceptors (Lipinski definition) is 5. The third kappa shape index (κ3) is 5.52. The van der Waals surface area contributed by atoms with Crippen LogP contribution in [0.4, 0.5) is 10.2 Å². The van der Waals surface area contributed by atoms with E-state index in [1.165, 1.54) is 18.2 Å². The van der Waals surface area contributed by atoms with Gasteiger partial charge in [-0.05, 0) is 43.7 Å². The third-order valence-electron chi connectivity index (χ3n) is 5.09. The van der Waals surface area contributed by atoms with Gasteiger partial charge in [0.15, 0.2) is 11.6 Å². The molecule has 4 aromatic rings. The molecular weight excluding hydrogens is 457 g/mol. The van der Waals surface area contributed by atoms with Gasteiger partial charge >= 0.3 is 0 Å². The van der Waals surface area contributed by atoms with Crippen molar-refractivity contribution in [1.82, 2.24) is 19.7 Å². The number of ketones is 1. The maximum atomic E-state index is 14.4. The number of carbonyl (C=O) groups is 2. The molecule has 2 aromatic carbocycles. The standard InChI is InChI=1S/C25H22FN5O2.ClH/c1-16(2)31-15-27-30-24(31)21-9-6-10-23(28-21)29-25(33)19-13-17(11-12-20(19)26)14-22(32)18-7-4-3-5-8-18;/h3-13,15-16H,14H2,1-2H3,(H,28,29,33);1H. The average molecular weight is 480 g/mol. The maximum absolute atomic E-state index is 14.4. The van der Waals surface area contributed by atoms with Crippen LogP contribution in [0.25, 0.3) is 11.5 Å². The minimum atomic E-state index is -0.681. The van der Waals surface area contributed by atoms with Gasteiger partial charge in [-0.25, -0.2) is 9.37 Å². The molecule has 7 nitrogen and oxygen atoms in total. The molecule has 1 amide bonds. The van der Waals surface area contributed by atoms with Crippen LogP contribution in [0.2, 0.25) is 0 Å². The van der Waals surface area contributed by atoms with Crippen LogP contribution in [0.15, 0.2) is 73.1 Å². The molecule has 0 saturated heterocycles. The number of aromatic nitrogens is 4. The number of nitrogens with one attached hydrogen (secondary N) is 1. The Bertz CT molecular complexity index is 1310. The van der Waals surface area contributed by atoms with Crippen molar-refractivity contribution in [3.05, 3.63) is 95.6 Å². The van der Waals surface area contributed by atoms with Crippen LogP contribution in [-0.2, 0) is 6.42 Å². The molecule has 1 N–H and O–H groups in total. The number of carbonyl (C=O) groups excluding carboxylic acids is 2. The molecular formula is C25H23ClFN5O2. The van der Waals surface area contributed by atoms with Crippen LogP contribution in [0.1, 0.15) is 46.2 Å². The van der Waals surface area contributed by atoms with E-state index in [4.69, 9.17) is 0 Å². The Balaban J connectivity index is 0.00000324. The lowest BCUT2D eigenvalue weighted by Gasteiger charge is -2.11. The Morgan fingerprint density at radius 1 is 1.03 bits per heavy atom. The van der Waals surface area contributed by atoms with Crippen molar-refractivity contribution in [2.24, 2.45) is 0 Å². The van der Waals surface area contributed by atoms with Gasteiger partial charge in [-0.3, -0.25) is 9.59 Å². The van der Waals surface area contributed by atoms with Crippen LogP contribution in [0, 0.1) is 5.82 Å². The Kier molecular flexibility index (Phi) is 7.86. The molecule has 174 valence electrons. The van der Waals surface area contributed by atoms with Crippen molar-refractivity contribution in [2.45, 2.75) is 26.3 Å². The molecule has 0 bridgehead atoms. The van der Waals surface area contributed by atoms with Crippen LogP contribution < -0.4 is 5.32 Å². The number of anilines is 1. The molecule has 2 aromatic heterocycles. The molecule has 0 spiro atoms. The van der Waals surface area contributed by atoms with E-state index in [0.717, 1.165) is 0 Å². The van der Waals surface area contributed by atoms with Gasteiger partial charge in [0.1, 0.15) is 23.7 Å². The second-order valence-electron chi connectivity index (χ2n) is 7.80. The summed E-state index contributed by atoms with van der Waals surface area (Å²) in [6.45, 7) is 3.99. The van der Waals surface area contributed by atoms with Gasteiger partial charge in [-0.1, -0.05) is 42.5 Å². The van der Waals surface area contributed by atoms with Crippen molar-refractivity contribution in [3.8, 4) is 11.5 Å². The van der Waals surface area contributed by atoms with Gasteiger partial charge in [0.05, 0.1) is 5.56 Å². The first-order valence-electron chi connectivity index (χ1n) is 10.5. The molecule has 0 aliphatic heterocycles. The fraction of sp³-hybridized carbons (Fsp3) is 0.160. The Hall–Kier alpha value is -3.91. The van der Waals surface area contributed by atoms with E-state index in [0.29, 0.717) is 22.6 Å². The highest BCUT2D eigenvalue weighted by Crippen LogP contribution is 2.21. The minimum Gasteiger partial charge on any atom is -0.310 e. The molecule has 0 fully saturated rings. The number of pyridine rings is 1. The van der Waals surface area contributed by atoms with E-state index >= 15 is 0 Å². The zero-order chi connectivity index (χ0) is 23.4. The smallest absolute Gasteiger partial charge is 0.259 e.